The van der Waals surface area contributed by atoms with E-state index in [-0.39, 0.29) is 5.54 Å². The van der Waals surface area contributed by atoms with Crippen molar-refractivity contribution >= 4 is 16.7 Å². The maximum atomic E-state index is 4.51. The van der Waals surface area contributed by atoms with Gasteiger partial charge in [0.2, 0.25) is 0 Å². The highest BCUT2D eigenvalue weighted by atomic mass is 15.1. The van der Waals surface area contributed by atoms with Crippen molar-refractivity contribution in [1.82, 2.24) is 14.5 Å². The van der Waals surface area contributed by atoms with E-state index in [0.717, 1.165) is 23.3 Å². The van der Waals surface area contributed by atoms with Crippen molar-refractivity contribution < 1.29 is 0 Å². The van der Waals surface area contributed by atoms with Crippen LogP contribution >= 0.6 is 0 Å². The summed E-state index contributed by atoms with van der Waals surface area (Å²) in [4.78, 5) is 8.54. The van der Waals surface area contributed by atoms with Gasteiger partial charge in [-0.15, -0.1) is 0 Å². The number of rotatable bonds is 3. The minimum absolute atomic E-state index is 0.0424. The molecule has 0 atom stereocenters. The van der Waals surface area contributed by atoms with Gasteiger partial charge in [-0.25, -0.2) is 4.98 Å². The summed E-state index contributed by atoms with van der Waals surface area (Å²) in [5, 5.41) is 3.42. The molecule has 0 saturated carbocycles. The molecule has 2 aromatic heterocycles. The lowest BCUT2D eigenvalue weighted by atomic mass is 10.1. The van der Waals surface area contributed by atoms with Crippen molar-refractivity contribution in [2.24, 2.45) is 0 Å². The Morgan fingerprint density at radius 3 is 2.57 bits per heavy atom. The zero-order valence-electron chi connectivity index (χ0n) is 12.7. The molecule has 0 spiro atoms. The van der Waals surface area contributed by atoms with E-state index >= 15 is 0 Å². The van der Waals surface area contributed by atoms with Crippen LogP contribution in [0.5, 0.6) is 0 Å². The average molecular weight is 280 g/mol. The van der Waals surface area contributed by atoms with Crippen LogP contribution in [0.4, 0.5) is 5.69 Å². The standard InChI is InChI=1S/C17H20N4/c1-17(2,3)21-12-20-15-10-14(4-5-16(15)21)19-11-13-6-8-18-9-7-13/h4-10,12,19H,11H2,1-3H3. The van der Waals surface area contributed by atoms with Gasteiger partial charge in [-0.2, -0.15) is 0 Å². The van der Waals surface area contributed by atoms with Crippen LogP contribution in [0.1, 0.15) is 26.3 Å². The van der Waals surface area contributed by atoms with Gasteiger partial charge in [0.05, 0.1) is 17.4 Å². The molecule has 1 aromatic carbocycles. The van der Waals surface area contributed by atoms with E-state index in [1.165, 1.54) is 5.56 Å². The zero-order valence-corrected chi connectivity index (χ0v) is 12.7. The summed E-state index contributed by atoms with van der Waals surface area (Å²) in [5.74, 6) is 0. The molecule has 108 valence electrons. The number of aromatic nitrogens is 3. The summed E-state index contributed by atoms with van der Waals surface area (Å²) in [6, 6.07) is 10.4. The number of fused-ring (bicyclic) bond motifs is 1. The summed E-state index contributed by atoms with van der Waals surface area (Å²) in [6.45, 7) is 7.34. The molecule has 0 aliphatic carbocycles. The monoisotopic (exact) mass is 280 g/mol. The minimum atomic E-state index is 0.0424. The first-order valence-electron chi connectivity index (χ1n) is 7.14. The molecule has 0 aliphatic rings. The molecule has 0 saturated heterocycles. The fourth-order valence-corrected chi connectivity index (χ4v) is 2.36. The van der Waals surface area contributed by atoms with E-state index in [1.807, 2.05) is 30.9 Å². The number of nitrogens with one attached hydrogen (secondary N) is 1. The van der Waals surface area contributed by atoms with Crippen LogP contribution in [-0.4, -0.2) is 14.5 Å². The molecular formula is C17H20N4. The Labute approximate surface area is 124 Å². The molecular weight excluding hydrogens is 260 g/mol. The van der Waals surface area contributed by atoms with E-state index in [4.69, 9.17) is 0 Å². The predicted molar refractivity (Wildman–Crippen MR) is 86.3 cm³/mol. The normalized spacial score (nSPS) is 11.8. The highest BCUT2D eigenvalue weighted by Crippen LogP contribution is 2.24. The Balaban J connectivity index is 1.82. The third-order valence-electron chi connectivity index (χ3n) is 3.52. The molecule has 3 aromatic rings. The van der Waals surface area contributed by atoms with Crippen molar-refractivity contribution in [3.8, 4) is 0 Å². The number of imidazole rings is 1. The second-order valence-corrected chi connectivity index (χ2v) is 6.20. The lowest BCUT2D eigenvalue weighted by Gasteiger charge is -2.21. The number of nitrogens with zero attached hydrogens (tertiary/aromatic N) is 3. The number of pyridine rings is 1. The maximum Gasteiger partial charge on any atom is 0.0963 e. The van der Waals surface area contributed by atoms with Crippen molar-refractivity contribution in [2.45, 2.75) is 32.9 Å². The Morgan fingerprint density at radius 1 is 1.10 bits per heavy atom. The Morgan fingerprint density at radius 2 is 1.86 bits per heavy atom. The zero-order chi connectivity index (χ0) is 14.9. The summed E-state index contributed by atoms with van der Waals surface area (Å²) in [6.07, 6.45) is 5.54. The van der Waals surface area contributed by atoms with Crippen LogP contribution in [0.3, 0.4) is 0 Å². The molecule has 0 bridgehead atoms. The van der Waals surface area contributed by atoms with Gasteiger partial charge in [0.15, 0.2) is 0 Å². The smallest absolute Gasteiger partial charge is 0.0963 e. The van der Waals surface area contributed by atoms with Crippen molar-refractivity contribution in [1.29, 1.82) is 0 Å². The van der Waals surface area contributed by atoms with Gasteiger partial charge in [0.25, 0.3) is 0 Å². The lowest BCUT2D eigenvalue weighted by molar-refractivity contribution is 0.408. The Kier molecular flexibility index (Phi) is 3.37. The fourth-order valence-electron chi connectivity index (χ4n) is 2.36. The van der Waals surface area contributed by atoms with Gasteiger partial charge >= 0.3 is 0 Å². The number of hydrogen-bond donors (Lipinski definition) is 1. The minimum Gasteiger partial charge on any atom is -0.381 e. The van der Waals surface area contributed by atoms with Gasteiger partial charge < -0.3 is 9.88 Å². The second kappa shape index (κ2) is 5.20. The summed E-state index contributed by atoms with van der Waals surface area (Å²) >= 11 is 0. The van der Waals surface area contributed by atoms with Gasteiger partial charge in [-0.3, -0.25) is 4.98 Å². The summed E-state index contributed by atoms with van der Waals surface area (Å²) < 4.78 is 2.20. The number of anilines is 1. The quantitative estimate of drug-likeness (QED) is 0.793. The molecule has 4 heteroatoms. The van der Waals surface area contributed by atoms with Gasteiger partial charge in [-0.05, 0) is 56.7 Å². The molecule has 0 amide bonds. The van der Waals surface area contributed by atoms with Crippen LogP contribution in [0.2, 0.25) is 0 Å². The van der Waals surface area contributed by atoms with E-state index in [2.05, 4.69) is 58.8 Å². The third-order valence-corrected chi connectivity index (χ3v) is 3.52. The van der Waals surface area contributed by atoms with Crippen LogP contribution < -0.4 is 5.32 Å². The molecule has 2 heterocycles. The van der Waals surface area contributed by atoms with Crippen LogP contribution in [0, 0.1) is 0 Å². The third kappa shape index (κ3) is 2.89. The number of hydrogen-bond acceptors (Lipinski definition) is 3. The lowest BCUT2D eigenvalue weighted by Crippen LogP contribution is -2.20. The van der Waals surface area contributed by atoms with Gasteiger partial charge in [-0.1, -0.05) is 0 Å². The van der Waals surface area contributed by atoms with Gasteiger partial charge in [0.1, 0.15) is 0 Å². The topological polar surface area (TPSA) is 42.7 Å². The Hall–Kier alpha value is -2.36. The average Bonchev–Trinajstić information content (AvgIpc) is 2.89. The molecule has 0 fully saturated rings. The molecule has 0 unspecified atom stereocenters. The first-order chi connectivity index (χ1) is 10.0. The predicted octanol–water partition coefficient (Wildman–Crippen LogP) is 3.80. The Bertz CT molecular complexity index is 738. The molecule has 0 radical (unpaired) electrons. The highest BCUT2D eigenvalue weighted by Gasteiger charge is 2.15. The van der Waals surface area contributed by atoms with E-state index in [1.54, 1.807) is 0 Å². The highest BCUT2D eigenvalue weighted by molar-refractivity contribution is 5.79. The van der Waals surface area contributed by atoms with E-state index < -0.39 is 0 Å². The summed E-state index contributed by atoms with van der Waals surface area (Å²) in [7, 11) is 0. The SMILES string of the molecule is CC(C)(C)n1cnc2cc(NCc3ccncc3)ccc21. The van der Waals surface area contributed by atoms with E-state index in [9.17, 15) is 0 Å². The molecule has 4 nitrogen and oxygen atoms in total. The molecule has 0 aliphatic heterocycles. The number of benzene rings is 1. The fraction of sp³-hybridized carbons (Fsp3) is 0.294. The van der Waals surface area contributed by atoms with Crippen LogP contribution in [-0.2, 0) is 12.1 Å². The van der Waals surface area contributed by atoms with Crippen molar-refractivity contribution in [2.75, 3.05) is 5.32 Å². The largest absolute Gasteiger partial charge is 0.381 e. The first kappa shape index (κ1) is 13.6. The summed E-state index contributed by atoms with van der Waals surface area (Å²) in [5.41, 5.74) is 4.52. The molecule has 3 rings (SSSR count). The van der Waals surface area contributed by atoms with E-state index in [0.29, 0.717) is 0 Å². The molecule has 1 N–H and O–H groups in total. The first-order valence-corrected chi connectivity index (χ1v) is 7.14. The van der Waals surface area contributed by atoms with Crippen molar-refractivity contribution in [3.63, 3.8) is 0 Å². The molecule has 21 heavy (non-hydrogen) atoms. The second-order valence-electron chi connectivity index (χ2n) is 6.20. The van der Waals surface area contributed by atoms with Crippen molar-refractivity contribution in [3.05, 3.63) is 54.6 Å². The van der Waals surface area contributed by atoms with Crippen LogP contribution in [0.15, 0.2) is 49.1 Å². The van der Waals surface area contributed by atoms with Gasteiger partial charge in [0, 0.05) is 30.2 Å². The maximum absolute atomic E-state index is 4.51. The van der Waals surface area contributed by atoms with Crippen LogP contribution in [0.25, 0.3) is 11.0 Å².